The van der Waals surface area contributed by atoms with E-state index in [4.69, 9.17) is 0 Å². The highest BCUT2D eigenvalue weighted by atomic mass is 16.1. The molecule has 0 aromatic carbocycles. The van der Waals surface area contributed by atoms with Gasteiger partial charge in [-0.2, -0.15) is 0 Å². The third-order valence-corrected chi connectivity index (χ3v) is 3.49. The molecule has 1 amide bonds. The van der Waals surface area contributed by atoms with Crippen LogP contribution < -0.4 is 5.32 Å². The van der Waals surface area contributed by atoms with Crippen molar-refractivity contribution in [2.75, 3.05) is 0 Å². The summed E-state index contributed by atoms with van der Waals surface area (Å²) >= 11 is 0. The van der Waals surface area contributed by atoms with Crippen LogP contribution in [0, 0.1) is 6.92 Å². The second-order valence-corrected chi connectivity index (χ2v) is 4.91. The largest absolute Gasteiger partial charge is 0.346 e. The molecule has 18 heavy (non-hydrogen) atoms. The maximum absolute atomic E-state index is 12.2. The molecule has 3 nitrogen and oxygen atoms in total. The average Bonchev–Trinajstić information content (AvgIpc) is 2.40. The van der Waals surface area contributed by atoms with Crippen LogP contribution in [0.1, 0.15) is 48.5 Å². The molecule has 1 aromatic rings. The van der Waals surface area contributed by atoms with E-state index >= 15 is 0 Å². The van der Waals surface area contributed by atoms with E-state index in [1.54, 1.807) is 18.5 Å². The van der Waals surface area contributed by atoms with Crippen LogP contribution in [0.5, 0.6) is 0 Å². The van der Waals surface area contributed by atoms with Crippen LogP contribution in [0.3, 0.4) is 0 Å². The number of carbonyl (C=O) groups excluding carboxylic acids is 1. The number of aryl methyl sites for hydroxylation is 1. The Bertz CT molecular complexity index is 465. The molecule has 3 heteroatoms. The topological polar surface area (TPSA) is 42.0 Å². The quantitative estimate of drug-likeness (QED) is 0.830. The van der Waals surface area contributed by atoms with Gasteiger partial charge in [0.1, 0.15) is 0 Å². The van der Waals surface area contributed by atoms with Gasteiger partial charge in [-0.05, 0) is 51.2 Å². The minimum absolute atomic E-state index is 0.00567. The van der Waals surface area contributed by atoms with Gasteiger partial charge in [0.25, 0.3) is 5.91 Å². The Balaban J connectivity index is 2.03. The Hall–Kier alpha value is -1.64. The monoisotopic (exact) mass is 244 g/mol. The summed E-state index contributed by atoms with van der Waals surface area (Å²) in [5.41, 5.74) is 2.99. The van der Waals surface area contributed by atoms with Gasteiger partial charge in [-0.3, -0.25) is 9.78 Å². The normalized spacial score (nSPS) is 16.9. The van der Waals surface area contributed by atoms with Gasteiger partial charge < -0.3 is 5.32 Å². The molecule has 1 unspecified atom stereocenters. The molecule has 1 aliphatic rings. The number of allylic oxidation sites excluding steroid dienone is 1. The van der Waals surface area contributed by atoms with Crippen LogP contribution in [0.25, 0.3) is 0 Å². The number of aromatic nitrogens is 1. The second kappa shape index (κ2) is 5.80. The molecule has 96 valence electrons. The van der Waals surface area contributed by atoms with Crippen molar-refractivity contribution >= 4 is 5.91 Å². The zero-order valence-corrected chi connectivity index (χ0v) is 11.1. The summed E-state index contributed by atoms with van der Waals surface area (Å²) in [6.07, 6.45) is 10.4. The van der Waals surface area contributed by atoms with Crippen LogP contribution in [0.15, 0.2) is 30.1 Å². The van der Waals surface area contributed by atoms with E-state index in [2.05, 4.69) is 23.3 Å². The lowest BCUT2D eigenvalue weighted by Crippen LogP contribution is -2.34. The van der Waals surface area contributed by atoms with Crippen molar-refractivity contribution in [2.24, 2.45) is 0 Å². The molecule has 0 saturated carbocycles. The lowest BCUT2D eigenvalue weighted by molar-refractivity contribution is 0.0944. The van der Waals surface area contributed by atoms with Crippen molar-refractivity contribution in [1.29, 1.82) is 0 Å². The van der Waals surface area contributed by atoms with E-state index in [0.29, 0.717) is 5.56 Å². The van der Waals surface area contributed by atoms with Gasteiger partial charge in [0.05, 0.1) is 0 Å². The number of hydrogen-bond donors (Lipinski definition) is 1. The first-order chi connectivity index (χ1) is 8.68. The first-order valence-electron chi connectivity index (χ1n) is 6.59. The number of nitrogens with one attached hydrogen (secondary N) is 1. The van der Waals surface area contributed by atoms with E-state index in [-0.39, 0.29) is 11.9 Å². The van der Waals surface area contributed by atoms with Gasteiger partial charge >= 0.3 is 0 Å². The van der Waals surface area contributed by atoms with Crippen molar-refractivity contribution in [3.63, 3.8) is 0 Å². The predicted octanol–water partition coefficient (Wildman–Crippen LogP) is 3.01. The molecule has 1 N–H and O–H groups in total. The van der Waals surface area contributed by atoms with Crippen molar-refractivity contribution in [1.82, 2.24) is 10.3 Å². The van der Waals surface area contributed by atoms with E-state index in [0.717, 1.165) is 18.4 Å². The molecule has 0 bridgehead atoms. The Labute approximate surface area is 108 Å². The molecule has 0 aliphatic heterocycles. The standard InChI is InChI=1S/C15H20N2O/c1-11-10-16-9-8-14(11)15(18)17-12(2)13-6-4-3-5-7-13/h6,8-10,12H,3-5,7H2,1-2H3,(H,17,18). The van der Waals surface area contributed by atoms with Crippen LogP contribution in [-0.4, -0.2) is 16.9 Å². The second-order valence-electron chi connectivity index (χ2n) is 4.91. The molecular weight excluding hydrogens is 224 g/mol. The Kier molecular flexibility index (Phi) is 4.13. The van der Waals surface area contributed by atoms with Crippen LogP contribution >= 0.6 is 0 Å². The number of amides is 1. The summed E-state index contributed by atoms with van der Waals surface area (Å²) in [5, 5.41) is 3.07. The molecule has 1 heterocycles. The highest BCUT2D eigenvalue weighted by molar-refractivity contribution is 5.95. The Morgan fingerprint density at radius 2 is 2.28 bits per heavy atom. The van der Waals surface area contributed by atoms with Gasteiger partial charge in [0.15, 0.2) is 0 Å². The first-order valence-corrected chi connectivity index (χ1v) is 6.59. The number of carbonyl (C=O) groups is 1. The predicted molar refractivity (Wildman–Crippen MR) is 72.5 cm³/mol. The number of rotatable bonds is 3. The van der Waals surface area contributed by atoms with Crippen molar-refractivity contribution < 1.29 is 4.79 Å². The zero-order chi connectivity index (χ0) is 13.0. The van der Waals surface area contributed by atoms with Gasteiger partial charge in [0, 0.05) is 24.0 Å². The maximum Gasteiger partial charge on any atom is 0.252 e. The van der Waals surface area contributed by atoms with E-state index in [1.807, 2.05) is 6.92 Å². The molecule has 1 aromatic heterocycles. The fourth-order valence-electron chi connectivity index (χ4n) is 2.35. The fourth-order valence-corrected chi connectivity index (χ4v) is 2.35. The van der Waals surface area contributed by atoms with E-state index < -0.39 is 0 Å². The minimum atomic E-state index is -0.00567. The van der Waals surface area contributed by atoms with Crippen LogP contribution in [0.2, 0.25) is 0 Å². The summed E-state index contributed by atoms with van der Waals surface area (Å²) < 4.78 is 0. The zero-order valence-electron chi connectivity index (χ0n) is 11.1. The van der Waals surface area contributed by atoms with Gasteiger partial charge in [-0.1, -0.05) is 11.6 Å². The summed E-state index contributed by atoms with van der Waals surface area (Å²) in [5.74, 6) is -0.00567. The van der Waals surface area contributed by atoms with Gasteiger partial charge in [-0.25, -0.2) is 0 Å². The molecular formula is C15H20N2O. The molecule has 0 fully saturated rings. The molecule has 0 saturated heterocycles. The smallest absolute Gasteiger partial charge is 0.252 e. The van der Waals surface area contributed by atoms with E-state index in [9.17, 15) is 4.79 Å². The lowest BCUT2D eigenvalue weighted by Gasteiger charge is -2.21. The average molecular weight is 244 g/mol. The van der Waals surface area contributed by atoms with Crippen molar-refractivity contribution in [3.05, 3.63) is 41.2 Å². The van der Waals surface area contributed by atoms with Gasteiger partial charge in [-0.15, -0.1) is 0 Å². The summed E-state index contributed by atoms with van der Waals surface area (Å²) in [6.45, 7) is 3.97. The summed E-state index contributed by atoms with van der Waals surface area (Å²) in [4.78, 5) is 16.2. The maximum atomic E-state index is 12.2. The molecule has 1 atom stereocenters. The molecule has 2 rings (SSSR count). The van der Waals surface area contributed by atoms with Crippen LogP contribution in [-0.2, 0) is 0 Å². The lowest BCUT2D eigenvalue weighted by atomic mass is 9.94. The highest BCUT2D eigenvalue weighted by Gasteiger charge is 2.16. The van der Waals surface area contributed by atoms with Gasteiger partial charge in [0.2, 0.25) is 0 Å². The third kappa shape index (κ3) is 2.97. The number of pyridine rings is 1. The fraction of sp³-hybridized carbons (Fsp3) is 0.467. The molecule has 0 spiro atoms. The Morgan fingerprint density at radius 1 is 1.44 bits per heavy atom. The van der Waals surface area contributed by atoms with Crippen molar-refractivity contribution in [3.8, 4) is 0 Å². The summed E-state index contributed by atoms with van der Waals surface area (Å²) in [7, 11) is 0. The van der Waals surface area contributed by atoms with E-state index in [1.165, 1.54) is 18.4 Å². The molecule has 0 radical (unpaired) electrons. The molecule has 1 aliphatic carbocycles. The van der Waals surface area contributed by atoms with Crippen molar-refractivity contribution in [2.45, 2.75) is 45.6 Å². The van der Waals surface area contributed by atoms with Crippen LogP contribution in [0.4, 0.5) is 0 Å². The first kappa shape index (κ1) is 12.8. The number of hydrogen-bond acceptors (Lipinski definition) is 2. The summed E-state index contributed by atoms with van der Waals surface area (Å²) in [6, 6.07) is 1.90. The third-order valence-electron chi connectivity index (χ3n) is 3.49. The minimum Gasteiger partial charge on any atom is -0.346 e. The SMILES string of the molecule is Cc1cnccc1C(=O)NC(C)C1=CCCCC1. The Morgan fingerprint density at radius 3 is 2.94 bits per heavy atom. The number of nitrogens with zero attached hydrogens (tertiary/aromatic N) is 1. The highest BCUT2D eigenvalue weighted by Crippen LogP contribution is 2.20.